The Kier molecular flexibility index (Phi) is 7.94. The summed E-state index contributed by atoms with van der Waals surface area (Å²) < 4.78 is 10.4. The van der Waals surface area contributed by atoms with Gasteiger partial charge in [0, 0.05) is 50.7 Å². The molecule has 2 N–H and O–H groups in total. The van der Waals surface area contributed by atoms with Crippen LogP contribution in [0.3, 0.4) is 0 Å². The molecule has 1 fully saturated rings. The molecule has 0 unspecified atom stereocenters. The summed E-state index contributed by atoms with van der Waals surface area (Å²) in [7, 11) is 3.15. The second kappa shape index (κ2) is 10.9. The molecule has 0 aliphatic carbocycles. The van der Waals surface area contributed by atoms with Gasteiger partial charge in [0.1, 0.15) is 12.4 Å². The van der Waals surface area contributed by atoms with Gasteiger partial charge < -0.3 is 29.9 Å². The topological polar surface area (TPSA) is 83.1 Å². The highest BCUT2D eigenvalue weighted by Gasteiger charge is 2.24. The maximum atomic E-state index is 12.9. The summed E-state index contributed by atoms with van der Waals surface area (Å²) in [6, 6.07) is 13.5. The van der Waals surface area contributed by atoms with Crippen LogP contribution < -0.4 is 25.2 Å². The lowest BCUT2D eigenvalue weighted by Gasteiger charge is -2.38. The third-order valence-electron chi connectivity index (χ3n) is 5.27. The Morgan fingerprint density at radius 1 is 0.969 bits per heavy atom. The summed E-state index contributed by atoms with van der Waals surface area (Å²) in [5.41, 5.74) is 3.04. The molecule has 2 aromatic rings. The summed E-state index contributed by atoms with van der Waals surface area (Å²) in [5.74, 6) is 0.431. The van der Waals surface area contributed by atoms with Gasteiger partial charge in [-0.15, -0.1) is 0 Å². The van der Waals surface area contributed by atoms with E-state index in [0.717, 1.165) is 43.3 Å². The highest BCUT2D eigenvalue weighted by molar-refractivity contribution is 6.02. The zero-order valence-electron chi connectivity index (χ0n) is 19.2. The largest absolute Gasteiger partial charge is 0.495 e. The molecule has 1 saturated heterocycles. The van der Waals surface area contributed by atoms with Crippen molar-refractivity contribution in [2.24, 2.45) is 0 Å². The van der Waals surface area contributed by atoms with Crippen LogP contribution in [0.5, 0.6) is 5.75 Å². The van der Waals surface area contributed by atoms with Gasteiger partial charge in [-0.1, -0.05) is 12.1 Å². The molecule has 1 aliphatic rings. The van der Waals surface area contributed by atoms with Crippen LogP contribution >= 0.6 is 0 Å². The number of ether oxygens (including phenoxy) is 2. The number of amides is 2. The standard InChI is InChI=1S/C24H32N4O4/c1-17(2)25-24(30)19-15-18(26-23(29)16-31-3)9-10-20(19)27-11-13-28(14-12-27)21-7-5-6-8-22(21)32-4/h5-10,15,17H,11-14,16H2,1-4H3,(H,25,30)(H,26,29). The zero-order valence-corrected chi connectivity index (χ0v) is 19.2. The van der Waals surface area contributed by atoms with Gasteiger partial charge in [0.2, 0.25) is 5.91 Å². The highest BCUT2D eigenvalue weighted by atomic mass is 16.5. The number of hydrogen-bond donors (Lipinski definition) is 2. The lowest BCUT2D eigenvalue weighted by atomic mass is 10.1. The van der Waals surface area contributed by atoms with E-state index in [0.29, 0.717) is 11.3 Å². The van der Waals surface area contributed by atoms with Gasteiger partial charge in [0.25, 0.3) is 5.91 Å². The fraction of sp³-hybridized carbons (Fsp3) is 0.417. The van der Waals surface area contributed by atoms with Gasteiger partial charge in [-0.3, -0.25) is 9.59 Å². The van der Waals surface area contributed by atoms with E-state index >= 15 is 0 Å². The predicted octanol–water partition coefficient (Wildman–Crippen LogP) is 2.74. The van der Waals surface area contributed by atoms with Gasteiger partial charge in [0.05, 0.1) is 18.4 Å². The Bertz CT molecular complexity index is 939. The average molecular weight is 441 g/mol. The lowest BCUT2D eigenvalue weighted by molar-refractivity contribution is -0.119. The molecule has 2 aromatic carbocycles. The minimum absolute atomic E-state index is 0.00415. The average Bonchev–Trinajstić information content (AvgIpc) is 2.79. The molecule has 2 amide bonds. The molecular weight excluding hydrogens is 408 g/mol. The van der Waals surface area contributed by atoms with Crippen LogP contribution in [0.15, 0.2) is 42.5 Å². The van der Waals surface area contributed by atoms with Crippen LogP contribution in [0.1, 0.15) is 24.2 Å². The molecule has 0 bridgehead atoms. The second-order valence-corrected chi connectivity index (χ2v) is 7.99. The van der Waals surface area contributed by atoms with E-state index in [4.69, 9.17) is 9.47 Å². The van der Waals surface area contributed by atoms with E-state index < -0.39 is 0 Å². The summed E-state index contributed by atoms with van der Waals surface area (Å²) in [6.07, 6.45) is 0. The van der Waals surface area contributed by atoms with Crippen molar-refractivity contribution in [3.8, 4) is 5.75 Å². The van der Waals surface area contributed by atoms with Crippen molar-refractivity contribution in [2.45, 2.75) is 19.9 Å². The van der Waals surface area contributed by atoms with Crippen LogP contribution in [0.2, 0.25) is 0 Å². The maximum Gasteiger partial charge on any atom is 0.253 e. The molecule has 0 spiro atoms. The van der Waals surface area contributed by atoms with Gasteiger partial charge >= 0.3 is 0 Å². The highest BCUT2D eigenvalue weighted by Crippen LogP contribution is 2.31. The molecule has 8 heteroatoms. The van der Waals surface area contributed by atoms with E-state index in [1.165, 1.54) is 7.11 Å². The van der Waals surface area contributed by atoms with Gasteiger partial charge in [0.15, 0.2) is 0 Å². The Hall–Kier alpha value is -3.26. The number of carbonyl (C=O) groups excluding carboxylic acids is 2. The minimum atomic E-state index is -0.263. The van der Waals surface area contributed by atoms with E-state index in [1.54, 1.807) is 13.2 Å². The molecular formula is C24H32N4O4. The Balaban J connectivity index is 1.80. The number of nitrogens with zero attached hydrogens (tertiary/aromatic N) is 2. The van der Waals surface area contributed by atoms with Crippen molar-refractivity contribution in [1.82, 2.24) is 5.32 Å². The fourth-order valence-corrected chi connectivity index (χ4v) is 3.82. The monoisotopic (exact) mass is 440 g/mol. The quantitative estimate of drug-likeness (QED) is 0.657. The van der Waals surface area contributed by atoms with Crippen molar-refractivity contribution in [1.29, 1.82) is 0 Å². The zero-order chi connectivity index (χ0) is 23.1. The molecule has 8 nitrogen and oxygen atoms in total. The lowest BCUT2D eigenvalue weighted by Crippen LogP contribution is -2.47. The third kappa shape index (κ3) is 5.70. The summed E-state index contributed by atoms with van der Waals surface area (Å²) in [5, 5.41) is 5.74. The summed E-state index contributed by atoms with van der Waals surface area (Å²) in [4.78, 5) is 29.4. The van der Waals surface area contributed by atoms with Crippen LogP contribution in [0.4, 0.5) is 17.1 Å². The van der Waals surface area contributed by atoms with Crippen LogP contribution in [-0.2, 0) is 9.53 Å². The number of benzene rings is 2. The number of rotatable bonds is 8. The van der Waals surface area contributed by atoms with Gasteiger partial charge in [-0.2, -0.15) is 0 Å². The number of hydrogen-bond acceptors (Lipinski definition) is 6. The summed E-state index contributed by atoms with van der Waals surface area (Å²) in [6.45, 7) is 6.93. The number of carbonyl (C=O) groups is 2. The van der Waals surface area contributed by atoms with Crippen LogP contribution in [0, 0.1) is 0 Å². The second-order valence-electron chi connectivity index (χ2n) is 7.99. The van der Waals surface area contributed by atoms with Crippen molar-refractivity contribution in [3.63, 3.8) is 0 Å². The fourth-order valence-electron chi connectivity index (χ4n) is 3.82. The summed E-state index contributed by atoms with van der Waals surface area (Å²) >= 11 is 0. The number of piperazine rings is 1. The number of nitrogens with one attached hydrogen (secondary N) is 2. The first-order valence-corrected chi connectivity index (χ1v) is 10.8. The maximum absolute atomic E-state index is 12.9. The van der Waals surface area contributed by atoms with E-state index in [9.17, 15) is 9.59 Å². The molecule has 0 aromatic heterocycles. The first-order valence-electron chi connectivity index (χ1n) is 10.8. The molecule has 1 aliphatic heterocycles. The molecule has 3 rings (SSSR count). The third-order valence-corrected chi connectivity index (χ3v) is 5.27. The molecule has 1 heterocycles. The van der Waals surface area contributed by atoms with E-state index in [2.05, 4.69) is 26.5 Å². The van der Waals surface area contributed by atoms with Crippen LogP contribution in [-0.4, -0.2) is 64.9 Å². The van der Waals surface area contributed by atoms with Crippen molar-refractivity contribution < 1.29 is 19.1 Å². The number of para-hydroxylation sites is 2. The van der Waals surface area contributed by atoms with Crippen LogP contribution in [0.25, 0.3) is 0 Å². The van der Waals surface area contributed by atoms with E-state index in [1.807, 2.05) is 44.2 Å². The first kappa shape index (κ1) is 23.4. The van der Waals surface area contributed by atoms with E-state index in [-0.39, 0.29) is 24.5 Å². The minimum Gasteiger partial charge on any atom is -0.495 e. The molecule has 0 atom stereocenters. The van der Waals surface area contributed by atoms with Crippen molar-refractivity contribution in [2.75, 3.05) is 62.1 Å². The Morgan fingerprint density at radius 2 is 1.62 bits per heavy atom. The number of methoxy groups -OCH3 is 2. The molecule has 0 radical (unpaired) electrons. The predicted molar refractivity (Wildman–Crippen MR) is 127 cm³/mol. The Labute approximate surface area is 189 Å². The SMILES string of the molecule is COCC(=O)Nc1ccc(N2CCN(c3ccccc3OC)CC2)c(C(=O)NC(C)C)c1. The first-order chi connectivity index (χ1) is 15.4. The van der Waals surface area contributed by atoms with Gasteiger partial charge in [-0.05, 0) is 44.2 Å². The molecule has 32 heavy (non-hydrogen) atoms. The van der Waals surface area contributed by atoms with Gasteiger partial charge in [-0.25, -0.2) is 0 Å². The molecule has 0 saturated carbocycles. The molecule has 172 valence electrons. The normalized spacial score (nSPS) is 13.8. The smallest absolute Gasteiger partial charge is 0.253 e. The van der Waals surface area contributed by atoms with Crippen molar-refractivity contribution in [3.05, 3.63) is 48.0 Å². The number of anilines is 3. The Morgan fingerprint density at radius 3 is 2.25 bits per heavy atom. The van der Waals surface area contributed by atoms with Crippen molar-refractivity contribution >= 4 is 28.9 Å².